The molecule has 0 amide bonds. The van der Waals surface area contributed by atoms with Crippen LogP contribution >= 0.6 is 0 Å². The van der Waals surface area contributed by atoms with Crippen molar-refractivity contribution in [1.29, 1.82) is 0 Å². The molecule has 0 aromatic rings. The summed E-state index contributed by atoms with van der Waals surface area (Å²) in [6.07, 6.45) is 5.53. The Bertz CT molecular complexity index is 319. The monoisotopic (exact) mass is 248 g/mol. The van der Waals surface area contributed by atoms with Crippen molar-refractivity contribution in [2.24, 2.45) is 11.3 Å². The number of hydrogen-bond acceptors (Lipinski definition) is 3. The molecule has 0 bridgehead atoms. The van der Waals surface area contributed by atoms with Gasteiger partial charge in [0.25, 0.3) is 0 Å². The molecule has 1 N–H and O–H groups in total. The van der Waals surface area contributed by atoms with Crippen LogP contribution in [0.25, 0.3) is 0 Å². The van der Waals surface area contributed by atoms with Crippen molar-refractivity contribution < 1.29 is 13.5 Å². The van der Waals surface area contributed by atoms with Crippen molar-refractivity contribution in [2.45, 2.75) is 52.1 Å². The predicted octanol–water partition coefficient (Wildman–Crippen LogP) is 2.00. The lowest BCUT2D eigenvalue weighted by Crippen LogP contribution is -2.30. The highest BCUT2D eigenvalue weighted by Gasteiger charge is 2.38. The minimum absolute atomic E-state index is 0.192. The Kier molecular flexibility index (Phi) is 4.41. The third-order valence-corrected chi connectivity index (χ3v) is 4.85. The Balaban J connectivity index is 2.38. The van der Waals surface area contributed by atoms with Crippen LogP contribution < -0.4 is 0 Å². The lowest BCUT2D eigenvalue weighted by atomic mass is 9.77. The van der Waals surface area contributed by atoms with E-state index in [9.17, 15) is 13.5 Å². The summed E-state index contributed by atoms with van der Waals surface area (Å²) < 4.78 is 22.0. The van der Waals surface area contributed by atoms with Gasteiger partial charge < -0.3 is 5.11 Å². The molecule has 1 aliphatic carbocycles. The minimum atomic E-state index is -2.88. The number of aliphatic hydroxyl groups excluding tert-OH is 1. The van der Waals surface area contributed by atoms with Gasteiger partial charge in [0.15, 0.2) is 0 Å². The van der Waals surface area contributed by atoms with Gasteiger partial charge in [-0.3, -0.25) is 0 Å². The maximum absolute atomic E-state index is 11.0. The van der Waals surface area contributed by atoms with Crippen LogP contribution in [0, 0.1) is 11.3 Å². The first-order chi connectivity index (χ1) is 7.22. The lowest BCUT2D eigenvalue weighted by Gasteiger charge is -2.31. The van der Waals surface area contributed by atoms with Crippen LogP contribution in [0.4, 0.5) is 0 Å². The fourth-order valence-corrected chi connectivity index (χ4v) is 3.51. The van der Waals surface area contributed by atoms with E-state index in [0.29, 0.717) is 18.8 Å². The Labute approximate surface area is 99.2 Å². The summed E-state index contributed by atoms with van der Waals surface area (Å²) in [5.74, 6) is 0.532. The highest BCUT2D eigenvalue weighted by atomic mass is 32.2. The predicted molar refractivity (Wildman–Crippen MR) is 66.1 cm³/mol. The molecule has 96 valence electrons. The second kappa shape index (κ2) is 5.05. The van der Waals surface area contributed by atoms with Crippen LogP contribution in [-0.2, 0) is 9.84 Å². The molecule has 0 aliphatic heterocycles. The highest BCUT2D eigenvalue weighted by molar-refractivity contribution is 7.90. The number of rotatable bonds is 5. The first-order valence-electron chi connectivity index (χ1n) is 6.08. The van der Waals surface area contributed by atoms with E-state index in [1.165, 1.54) is 19.1 Å². The maximum atomic E-state index is 11.0. The van der Waals surface area contributed by atoms with Gasteiger partial charge in [-0.2, -0.15) is 0 Å². The molecule has 1 saturated carbocycles. The van der Waals surface area contributed by atoms with Gasteiger partial charge in [0.2, 0.25) is 0 Å². The van der Waals surface area contributed by atoms with Gasteiger partial charge in [0.1, 0.15) is 9.84 Å². The van der Waals surface area contributed by atoms with Gasteiger partial charge in [-0.05, 0) is 37.0 Å². The van der Waals surface area contributed by atoms with Gasteiger partial charge in [-0.1, -0.05) is 20.3 Å². The van der Waals surface area contributed by atoms with Crippen LogP contribution in [0.3, 0.4) is 0 Å². The van der Waals surface area contributed by atoms with Crippen LogP contribution in [0.2, 0.25) is 0 Å². The third-order valence-electron chi connectivity index (χ3n) is 3.82. The molecular formula is C12H24O3S. The summed E-state index contributed by atoms with van der Waals surface area (Å²) in [6.45, 7) is 4.40. The fraction of sp³-hybridized carbons (Fsp3) is 1.00. The maximum Gasteiger partial charge on any atom is 0.147 e. The Morgan fingerprint density at radius 3 is 2.50 bits per heavy atom. The molecule has 2 atom stereocenters. The van der Waals surface area contributed by atoms with Gasteiger partial charge in [-0.25, -0.2) is 8.42 Å². The average Bonchev–Trinajstić information content (AvgIpc) is 2.42. The van der Waals surface area contributed by atoms with E-state index in [4.69, 9.17) is 0 Å². The second-order valence-corrected chi connectivity index (χ2v) is 8.09. The largest absolute Gasteiger partial charge is 0.393 e. The first-order valence-corrected chi connectivity index (χ1v) is 8.14. The Hall–Kier alpha value is -0.0900. The van der Waals surface area contributed by atoms with Crippen molar-refractivity contribution in [3.05, 3.63) is 0 Å². The van der Waals surface area contributed by atoms with Crippen molar-refractivity contribution in [1.82, 2.24) is 0 Å². The zero-order valence-corrected chi connectivity index (χ0v) is 11.4. The Morgan fingerprint density at radius 2 is 2.06 bits per heavy atom. The number of aliphatic hydroxyl groups is 1. The zero-order valence-electron chi connectivity index (χ0n) is 10.6. The van der Waals surface area contributed by atoms with Gasteiger partial charge >= 0.3 is 0 Å². The van der Waals surface area contributed by atoms with E-state index in [1.54, 1.807) is 0 Å². The summed E-state index contributed by atoms with van der Waals surface area (Å²) in [4.78, 5) is 0. The molecule has 4 heteroatoms. The average molecular weight is 248 g/mol. The Morgan fingerprint density at radius 1 is 1.44 bits per heavy atom. The molecule has 3 nitrogen and oxygen atoms in total. The quantitative estimate of drug-likeness (QED) is 0.809. The summed E-state index contributed by atoms with van der Waals surface area (Å²) >= 11 is 0. The molecule has 1 rings (SSSR count). The molecular weight excluding hydrogens is 224 g/mol. The van der Waals surface area contributed by atoms with Crippen LogP contribution in [0.1, 0.15) is 46.0 Å². The van der Waals surface area contributed by atoms with E-state index >= 15 is 0 Å². The molecule has 0 saturated heterocycles. The smallest absolute Gasteiger partial charge is 0.147 e. The summed E-state index contributed by atoms with van der Waals surface area (Å²) in [5.41, 5.74) is 0.213. The van der Waals surface area contributed by atoms with E-state index in [1.807, 2.05) is 0 Å². The van der Waals surface area contributed by atoms with Crippen molar-refractivity contribution in [3.8, 4) is 0 Å². The van der Waals surface area contributed by atoms with Crippen LogP contribution in [0.5, 0.6) is 0 Å². The fourth-order valence-electron chi connectivity index (χ4n) is 2.82. The third kappa shape index (κ3) is 4.06. The first kappa shape index (κ1) is 14.0. The standard InChI is InChI=1S/C12H24O3S/c1-12(2)8-4-6-10(12)11(13)7-5-9-16(3,14)15/h10-11,13H,4-9H2,1-3H3. The van der Waals surface area contributed by atoms with Crippen LogP contribution in [0.15, 0.2) is 0 Å². The van der Waals surface area contributed by atoms with Crippen molar-refractivity contribution >= 4 is 9.84 Å². The van der Waals surface area contributed by atoms with E-state index in [-0.39, 0.29) is 17.3 Å². The molecule has 1 fully saturated rings. The SMILES string of the molecule is CC1(C)CCCC1C(O)CCCS(C)(=O)=O. The van der Waals surface area contributed by atoms with Crippen molar-refractivity contribution in [3.63, 3.8) is 0 Å². The van der Waals surface area contributed by atoms with Gasteiger partial charge in [0, 0.05) is 12.0 Å². The molecule has 0 spiro atoms. The van der Waals surface area contributed by atoms with E-state index in [0.717, 1.165) is 6.42 Å². The minimum Gasteiger partial charge on any atom is -0.393 e. The topological polar surface area (TPSA) is 54.4 Å². The molecule has 0 radical (unpaired) electrons. The molecule has 2 unspecified atom stereocenters. The summed E-state index contributed by atoms with van der Waals surface area (Å²) in [6, 6.07) is 0. The second-order valence-electron chi connectivity index (χ2n) is 5.83. The molecule has 0 aromatic heterocycles. The summed E-state index contributed by atoms with van der Waals surface area (Å²) in [7, 11) is -2.88. The molecule has 1 aliphatic rings. The number of hydrogen-bond donors (Lipinski definition) is 1. The zero-order chi connectivity index (χ0) is 12.4. The molecule has 0 aromatic carbocycles. The van der Waals surface area contributed by atoms with Crippen LogP contribution in [-0.4, -0.2) is 31.6 Å². The number of sulfone groups is 1. The lowest BCUT2D eigenvalue weighted by molar-refractivity contribution is 0.0472. The molecule has 16 heavy (non-hydrogen) atoms. The molecule has 0 heterocycles. The van der Waals surface area contributed by atoms with Crippen molar-refractivity contribution in [2.75, 3.05) is 12.0 Å². The van der Waals surface area contributed by atoms with E-state index in [2.05, 4.69) is 13.8 Å². The van der Waals surface area contributed by atoms with Gasteiger partial charge in [-0.15, -0.1) is 0 Å². The summed E-state index contributed by atoms with van der Waals surface area (Å²) in [5, 5.41) is 10.1. The highest BCUT2D eigenvalue weighted by Crippen LogP contribution is 2.45. The van der Waals surface area contributed by atoms with E-state index < -0.39 is 9.84 Å². The van der Waals surface area contributed by atoms with Gasteiger partial charge in [0.05, 0.1) is 6.10 Å². The normalized spacial score (nSPS) is 26.9.